The van der Waals surface area contributed by atoms with E-state index in [1.807, 2.05) is 18.2 Å². The van der Waals surface area contributed by atoms with Gasteiger partial charge in [0.25, 0.3) is 0 Å². The van der Waals surface area contributed by atoms with Gasteiger partial charge in [-0.25, -0.2) is 0 Å². The lowest BCUT2D eigenvalue weighted by Gasteiger charge is -2.34. The lowest BCUT2D eigenvalue weighted by Crippen LogP contribution is -2.51. The van der Waals surface area contributed by atoms with E-state index < -0.39 is 11.8 Å². The summed E-state index contributed by atoms with van der Waals surface area (Å²) in [4.78, 5) is 39.9. The van der Waals surface area contributed by atoms with Crippen LogP contribution < -0.4 is 14.8 Å². The Labute approximate surface area is 174 Å². The maximum atomic E-state index is 12.5. The molecule has 1 N–H and O–H groups in total. The smallest absolute Gasteiger partial charge is 0.313 e. The topological polar surface area (TPSA) is 88.2 Å². The summed E-state index contributed by atoms with van der Waals surface area (Å²) in [6.07, 6.45) is 0. The molecule has 0 spiro atoms. The van der Waals surface area contributed by atoms with Gasteiger partial charge >= 0.3 is 11.8 Å². The van der Waals surface area contributed by atoms with E-state index in [-0.39, 0.29) is 12.6 Å². The van der Waals surface area contributed by atoms with Crippen LogP contribution in [-0.2, 0) is 16.1 Å². The fraction of sp³-hybridized carbons (Fsp3) is 0.318. The molecule has 0 radical (unpaired) electrons. The molecule has 0 atom stereocenters. The first-order valence-electron chi connectivity index (χ1n) is 9.82. The number of rotatable bonds is 4. The first-order chi connectivity index (χ1) is 14.5. The summed E-state index contributed by atoms with van der Waals surface area (Å²) in [5, 5.41) is 2.60. The van der Waals surface area contributed by atoms with E-state index in [1.54, 1.807) is 29.2 Å². The number of nitrogens with zero attached hydrogens (tertiary/aromatic N) is 2. The molecule has 8 heteroatoms. The molecule has 1 saturated heterocycles. The van der Waals surface area contributed by atoms with Crippen molar-refractivity contribution in [3.63, 3.8) is 0 Å². The summed E-state index contributed by atoms with van der Waals surface area (Å²) in [7, 11) is 0. The van der Waals surface area contributed by atoms with E-state index in [1.165, 1.54) is 6.92 Å². The summed E-state index contributed by atoms with van der Waals surface area (Å²) >= 11 is 0. The highest BCUT2D eigenvalue weighted by molar-refractivity contribution is 6.39. The number of Topliss-reactive ketones (excluding diaryl/α,β-unsaturated/α-hetero) is 1. The lowest BCUT2D eigenvalue weighted by atomic mass is 10.1. The second-order valence-electron chi connectivity index (χ2n) is 7.34. The first kappa shape index (κ1) is 19.9. The second-order valence-corrected chi connectivity index (χ2v) is 7.34. The van der Waals surface area contributed by atoms with Crippen molar-refractivity contribution in [2.75, 3.05) is 38.3 Å². The van der Waals surface area contributed by atoms with Gasteiger partial charge in [0.15, 0.2) is 17.3 Å². The molecule has 2 heterocycles. The molecule has 2 aromatic rings. The maximum Gasteiger partial charge on any atom is 0.313 e. The van der Waals surface area contributed by atoms with Gasteiger partial charge in [-0.1, -0.05) is 6.07 Å². The van der Waals surface area contributed by atoms with Gasteiger partial charge in [0.05, 0.1) is 0 Å². The van der Waals surface area contributed by atoms with Crippen LogP contribution in [0.1, 0.15) is 22.8 Å². The van der Waals surface area contributed by atoms with Crippen molar-refractivity contribution in [3.8, 4) is 11.5 Å². The molecule has 2 amide bonds. The van der Waals surface area contributed by atoms with Crippen LogP contribution in [0.25, 0.3) is 0 Å². The predicted molar refractivity (Wildman–Crippen MR) is 109 cm³/mol. The minimum absolute atomic E-state index is 0.0532. The molecule has 1 fully saturated rings. The SMILES string of the molecule is CC(=O)c1ccc(NC(=O)C(=O)N2CCN(Cc3ccc4c(c3)OCO4)CC2)cc1. The van der Waals surface area contributed by atoms with E-state index in [0.717, 1.165) is 23.6 Å². The summed E-state index contributed by atoms with van der Waals surface area (Å²) in [5.41, 5.74) is 2.16. The number of fused-ring (bicyclic) bond motifs is 1. The van der Waals surface area contributed by atoms with Crippen LogP contribution in [-0.4, -0.2) is 60.4 Å². The van der Waals surface area contributed by atoms with Crippen molar-refractivity contribution in [2.24, 2.45) is 0 Å². The number of carbonyl (C=O) groups excluding carboxylic acids is 3. The molecule has 2 aliphatic rings. The summed E-state index contributed by atoms with van der Waals surface area (Å²) in [6.45, 7) is 4.81. The molecule has 0 aliphatic carbocycles. The van der Waals surface area contributed by atoms with Crippen molar-refractivity contribution in [1.82, 2.24) is 9.80 Å². The van der Waals surface area contributed by atoms with Crippen LogP contribution in [0.2, 0.25) is 0 Å². The number of amides is 2. The van der Waals surface area contributed by atoms with Gasteiger partial charge < -0.3 is 19.7 Å². The van der Waals surface area contributed by atoms with Crippen LogP contribution in [0.15, 0.2) is 42.5 Å². The Bertz CT molecular complexity index is 965. The van der Waals surface area contributed by atoms with Gasteiger partial charge in [0, 0.05) is 44.0 Å². The Balaban J connectivity index is 1.27. The maximum absolute atomic E-state index is 12.5. The minimum atomic E-state index is -0.671. The van der Waals surface area contributed by atoms with Crippen LogP contribution >= 0.6 is 0 Å². The highest BCUT2D eigenvalue weighted by atomic mass is 16.7. The van der Waals surface area contributed by atoms with Crippen molar-refractivity contribution in [1.29, 1.82) is 0 Å². The third-order valence-corrected chi connectivity index (χ3v) is 5.25. The summed E-state index contributed by atoms with van der Waals surface area (Å²) in [6, 6.07) is 12.4. The zero-order valence-corrected chi connectivity index (χ0v) is 16.7. The van der Waals surface area contributed by atoms with Gasteiger partial charge in [-0.3, -0.25) is 19.3 Å². The fourth-order valence-corrected chi connectivity index (χ4v) is 3.52. The molecule has 8 nitrogen and oxygen atoms in total. The Morgan fingerprint density at radius 3 is 2.33 bits per heavy atom. The molecule has 0 aromatic heterocycles. The largest absolute Gasteiger partial charge is 0.454 e. The normalized spacial score (nSPS) is 15.7. The molecule has 156 valence electrons. The van der Waals surface area contributed by atoms with Crippen molar-refractivity contribution < 1.29 is 23.9 Å². The van der Waals surface area contributed by atoms with E-state index in [2.05, 4.69) is 10.2 Å². The van der Waals surface area contributed by atoms with Crippen LogP contribution in [0, 0.1) is 0 Å². The third-order valence-electron chi connectivity index (χ3n) is 5.25. The Morgan fingerprint density at radius 2 is 1.63 bits per heavy atom. The number of hydrogen-bond acceptors (Lipinski definition) is 6. The van der Waals surface area contributed by atoms with Gasteiger partial charge in [-0.05, 0) is 48.9 Å². The Kier molecular flexibility index (Phi) is 5.67. The Hall–Kier alpha value is -3.39. The zero-order valence-electron chi connectivity index (χ0n) is 16.7. The number of carbonyl (C=O) groups is 3. The monoisotopic (exact) mass is 409 g/mol. The summed E-state index contributed by atoms with van der Waals surface area (Å²) < 4.78 is 10.7. The molecule has 30 heavy (non-hydrogen) atoms. The lowest BCUT2D eigenvalue weighted by molar-refractivity contribution is -0.144. The highest BCUT2D eigenvalue weighted by Crippen LogP contribution is 2.32. The molecule has 0 unspecified atom stereocenters. The van der Waals surface area contributed by atoms with Crippen LogP contribution in [0.4, 0.5) is 5.69 Å². The van der Waals surface area contributed by atoms with E-state index >= 15 is 0 Å². The van der Waals surface area contributed by atoms with Gasteiger partial charge in [-0.15, -0.1) is 0 Å². The molecule has 2 aliphatic heterocycles. The van der Waals surface area contributed by atoms with Crippen LogP contribution in [0.5, 0.6) is 11.5 Å². The van der Waals surface area contributed by atoms with Crippen molar-refractivity contribution in [3.05, 3.63) is 53.6 Å². The number of benzene rings is 2. The number of piperazine rings is 1. The molecule has 4 rings (SSSR count). The predicted octanol–water partition coefficient (Wildman–Crippen LogP) is 1.90. The number of ether oxygens (including phenoxy) is 2. The van der Waals surface area contributed by atoms with E-state index in [4.69, 9.17) is 9.47 Å². The quantitative estimate of drug-likeness (QED) is 0.613. The zero-order chi connectivity index (χ0) is 21.1. The van der Waals surface area contributed by atoms with Crippen molar-refractivity contribution in [2.45, 2.75) is 13.5 Å². The van der Waals surface area contributed by atoms with Crippen LogP contribution in [0.3, 0.4) is 0 Å². The minimum Gasteiger partial charge on any atom is -0.454 e. The fourth-order valence-electron chi connectivity index (χ4n) is 3.52. The average molecular weight is 409 g/mol. The van der Waals surface area contributed by atoms with E-state index in [0.29, 0.717) is 37.4 Å². The highest BCUT2D eigenvalue weighted by Gasteiger charge is 2.26. The third kappa shape index (κ3) is 4.44. The van der Waals surface area contributed by atoms with Gasteiger partial charge in [0.2, 0.25) is 6.79 Å². The average Bonchev–Trinajstić information content (AvgIpc) is 3.22. The summed E-state index contributed by atoms with van der Waals surface area (Å²) in [5.74, 6) is 0.246. The molecular formula is C22H23N3O5. The standard InChI is InChI=1S/C22H23N3O5/c1-15(26)17-3-5-18(6-4-17)23-21(27)22(28)25-10-8-24(9-11-25)13-16-2-7-19-20(12-16)30-14-29-19/h2-7,12H,8-11,13-14H2,1H3,(H,23,27). The number of hydrogen-bond donors (Lipinski definition) is 1. The first-order valence-corrected chi connectivity index (χ1v) is 9.82. The number of nitrogens with one attached hydrogen (secondary N) is 1. The molecular weight excluding hydrogens is 386 g/mol. The van der Waals surface area contributed by atoms with Crippen molar-refractivity contribution >= 4 is 23.3 Å². The second kappa shape index (κ2) is 8.54. The molecule has 0 bridgehead atoms. The number of anilines is 1. The molecule has 2 aromatic carbocycles. The van der Waals surface area contributed by atoms with Gasteiger partial charge in [0.1, 0.15) is 0 Å². The van der Waals surface area contributed by atoms with E-state index in [9.17, 15) is 14.4 Å². The number of ketones is 1. The van der Waals surface area contributed by atoms with Gasteiger partial charge in [-0.2, -0.15) is 0 Å². The molecule has 0 saturated carbocycles. The Morgan fingerprint density at radius 1 is 0.933 bits per heavy atom.